The Bertz CT molecular complexity index is 1190. The number of allylic oxidation sites excluding steroid dienone is 2. The third kappa shape index (κ3) is 3.43. The topological polar surface area (TPSA) is 35.0 Å². The van der Waals surface area contributed by atoms with Crippen LogP contribution in [0.1, 0.15) is 62.5 Å². The summed E-state index contributed by atoms with van der Waals surface area (Å²) >= 11 is 6.06. The van der Waals surface area contributed by atoms with Gasteiger partial charge >= 0.3 is 0 Å². The molecule has 0 N–H and O–H groups in total. The van der Waals surface area contributed by atoms with E-state index >= 15 is 0 Å². The smallest absolute Gasteiger partial charge is 0.238 e. The molecular weight excluding hydrogens is 404 g/mol. The summed E-state index contributed by atoms with van der Waals surface area (Å²) in [5.74, 6) is 3.77. The van der Waals surface area contributed by atoms with Crippen LogP contribution in [0.2, 0.25) is 5.02 Å². The van der Waals surface area contributed by atoms with Gasteiger partial charge in [0.2, 0.25) is 5.88 Å². The third-order valence-corrected chi connectivity index (χ3v) is 7.99. The summed E-state index contributed by atoms with van der Waals surface area (Å²) in [5, 5.41) is 0.664. The SMILES string of the molecule is CCc1ccc(Oc2cnc3cc(Cl)ccc3n2)cc1C1CC2=C3CCC(CC3)C2C1. The number of aromatic nitrogens is 2. The minimum absolute atomic E-state index is 0.521. The second kappa shape index (κ2) is 7.63. The normalized spacial score (nSPS) is 24.6. The van der Waals surface area contributed by atoms with E-state index < -0.39 is 0 Å². The van der Waals surface area contributed by atoms with Gasteiger partial charge < -0.3 is 4.74 Å². The van der Waals surface area contributed by atoms with Crippen LogP contribution < -0.4 is 4.74 Å². The van der Waals surface area contributed by atoms with Crippen LogP contribution in [-0.2, 0) is 6.42 Å². The number of rotatable bonds is 4. The Hall–Kier alpha value is -2.39. The molecule has 2 saturated carbocycles. The Balaban J connectivity index is 1.30. The molecule has 2 fully saturated rings. The van der Waals surface area contributed by atoms with Gasteiger partial charge in [0.05, 0.1) is 17.2 Å². The van der Waals surface area contributed by atoms with Gasteiger partial charge in [-0.3, -0.25) is 0 Å². The van der Waals surface area contributed by atoms with Crippen molar-refractivity contribution < 1.29 is 4.74 Å². The first-order valence-electron chi connectivity index (χ1n) is 11.6. The first-order valence-corrected chi connectivity index (χ1v) is 12.0. The second-order valence-corrected chi connectivity index (χ2v) is 9.80. The van der Waals surface area contributed by atoms with Crippen molar-refractivity contribution >= 4 is 22.6 Å². The van der Waals surface area contributed by atoms with E-state index in [1.165, 1.54) is 49.7 Å². The number of aryl methyl sites for hydroxylation is 1. The lowest BCUT2D eigenvalue weighted by Crippen LogP contribution is -2.24. The fraction of sp³-hybridized carbons (Fsp3) is 0.407. The molecule has 3 nitrogen and oxygen atoms in total. The highest BCUT2D eigenvalue weighted by molar-refractivity contribution is 6.31. The quantitative estimate of drug-likeness (QED) is 0.399. The van der Waals surface area contributed by atoms with Gasteiger partial charge in [0.1, 0.15) is 5.75 Å². The predicted octanol–water partition coefficient (Wildman–Crippen LogP) is 7.63. The molecule has 3 aromatic rings. The Kier molecular flexibility index (Phi) is 4.75. The van der Waals surface area contributed by atoms with Gasteiger partial charge in [0, 0.05) is 5.02 Å². The van der Waals surface area contributed by atoms with E-state index in [9.17, 15) is 0 Å². The van der Waals surface area contributed by atoms with Crippen molar-refractivity contribution in [2.24, 2.45) is 11.8 Å². The lowest BCUT2D eigenvalue weighted by atomic mass is 9.68. The fourth-order valence-electron chi connectivity index (χ4n) is 6.26. The van der Waals surface area contributed by atoms with E-state index in [4.69, 9.17) is 16.3 Å². The summed E-state index contributed by atoms with van der Waals surface area (Å²) in [6.45, 7) is 2.26. The zero-order valence-corrected chi connectivity index (χ0v) is 18.7. The highest BCUT2D eigenvalue weighted by Crippen LogP contribution is 2.56. The largest absolute Gasteiger partial charge is 0.437 e. The van der Waals surface area contributed by atoms with Crippen LogP contribution in [0, 0.1) is 11.8 Å². The van der Waals surface area contributed by atoms with Crippen LogP contribution in [-0.4, -0.2) is 9.97 Å². The maximum atomic E-state index is 6.17. The Labute approximate surface area is 188 Å². The molecule has 0 radical (unpaired) electrons. The van der Waals surface area contributed by atoms with E-state index in [1.54, 1.807) is 11.8 Å². The number of hydrogen-bond donors (Lipinski definition) is 0. The molecule has 4 aliphatic rings. The Morgan fingerprint density at radius 3 is 2.74 bits per heavy atom. The lowest BCUT2D eigenvalue weighted by molar-refractivity contribution is 0.276. The van der Waals surface area contributed by atoms with Gasteiger partial charge in [0.25, 0.3) is 0 Å². The van der Waals surface area contributed by atoms with E-state index in [0.29, 0.717) is 16.8 Å². The summed E-state index contributed by atoms with van der Waals surface area (Å²) in [6, 6.07) is 12.1. The monoisotopic (exact) mass is 430 g/mol. The molecule has 4 heteroatoms. The van der Waals surface area contributed by atoms with Crippen LogP contribution in [0.3, 0.4) is 0 Å². The van der Waals surface area contributed by atoms with Crippen LogP contribution in [0.5, 0.6) is 11.6 Å². The van der Waals surface area contributed by atoms with Crippen LogP contribution >= 0.6 is 11.6 Å². The first-order chi connectivity index (χ1) is 15.2. The number of fused-ring (bicyclic) bond motifs is 3. The molecule has 1 heterocycles. The second-order valence-electron chi connectivity index (χ2n) is 9.37. The number of ether oxygens (including phenoxy) is 1. The number of halogens is 1. The van der Waals surface area contributed by atoms with E-state index in [0.717, 1.165) is 35.0 Å². The first kappa shape index (κ1) is 19.3. The van der Waals surface area contributed by atoms with E-state index in [1.807, 2.05) is 23.8 Å². The fourth-order valence-corrected chi connectivity index (χ4v) is 6.42. The maximum absolute atomic E-state index is 6.17. The van der Waals surface area contributed by atoms with E-state index in [-0.39, 0.29) is 0 Å². The number of nitrogens with zero attached hydrogens (tertiary/aromatic N) is 2. The summed E-state index contributed by atoms with van der Waals surface area (Å²) in [7, 11) is 0. The zero-order chi connectivity index (χ0) is 20.9. The summed E-state index contributed by atoms with van der Waals surface area (Å²) < 4.78 is 6.17. The standard InChI is InChI=1S/C27H27ClN2O/c1-2-16-7-9-21(31-27-15-29-26-13-20(28)8-10-25(26)30-27)14-22(16)19-11-23-17-3-4-18(6-5-17)24(23)12-19/h7-10,13-15,17,19,23H,2-6,11-12H2,1H3. The molecule has 1 aromatic heterocycles. The van der Waals surface area contributed by atoms with Gasteiger partial charge in [0.15, 0.2) is 0 Å². The number of benzene rings is 2. The molecule has 0 spiro atoms. The molecule has 2 bridgehead atoms. The van der Waals surface area contributed by atoms with Crippen molar-refractivity contribution in [3.8, 4) is 11.6 Å². The van der Waals surface area contributed by atoms with Crippen molar-refractivity contribution in [1.29, 1.82) is 0 Å². The van der Waals surface area contributed by atoms with Gasteiger partial charge in [-0.2, -0.15) is 0 Å². The molecule has 0 amide bonds. The third-order valence-electron chi connectivity index (χ3n) is 7.75. The minimum Gasteiger partial charge on any atom is -0.437 e. The van der Waals surface area contributed by atoms with Gasteiger partial charge in [-0.05, 0) is 104 Å². The summed E-state index contributed by atoms with van der Waals surface area (Å²) in [6.07, 6.45) is 10.9. The lowest BCUT2D eigenvalue weighted by Gasteiger charge is -2.37. The van der Waals surface area contributed by atoms with Gasteiger partial charge in [-0.1, -0.05) is 35.7 Å². The Morgan fingerprint density at radius 1 is 1.06 bits per heavy atom. The van der Waals surface area contributed by atoms with Crippen molar-refractivity contribution in [2.45, 2.75) is 57.8 Å². The minimum atomic E-state index is 0.521. The van der Waals surface area contributed by atoms with E-state index in [2.05, 4.69) is 35.1 Å². The van der Waals surface area contributed by atoms with Crippen LogP contribution in [0.4, 0.5) is 0 Å². The molecule has 7 rings (SSSR count). The molecule has 2 atom stereocenters. The molecule has 31 heavy (non-hydrogen) atoms. The molecule has 158 valence electrons. The van der Waals surface area contributed by atoms with Crippen molar-refractivity contribution in [3.05, 3.63) is 69.9 Å². The molecule has 2 aromatic carbocycles. The average Bonchev–Trinajstić information content (AvgIpc) is 3.28. The molecular formula is C27H27ClN2O. The van der Waals surface area contributed by atoms with Gasteiger partial charge in [-0.15, -0.1) is 0 Å². The highest BCUT2D eigenvalue weighted by Gasteiger charge is 2.42. The zero-order valence-electron chi connectivity index (χ0n) is 17.9. The number of hydrogen-bond acceptors (Lipinski definition) is 3. The summed E-state index contributed by atoms with van der Waals surface area (Å²) in [5.41, 5.74) is 8.11. The van der Waals surface area contributed by atoms with Crippen LogP contribution in [0.15, 0.2) is 53.7 Å². The summed E-state index contributed by atoms with van der Waals surface area (Å²) in [4.78, 5) is 9.08. The molecule has 0 saturated heterocycles. The molecule has 0 aliphatic heterocycles. The maximum Gasteiger partial charge on any atom is 0.238 e. The van der Waals surface area contributed by atoms with Crippen molar-refractivity contribution in [1.82, 2.24) is 9.97 Å². The van der Waals surface area contributed by atoms with Gasteiger partial charge in [-0.25, -0.2) is 9.97 Å². The highest BCUT2D eigenvalue weighted by atomic mass is 35.5. The van der Waals surface area contributed by atoms with Crippen molar-refractivity contribution in [2.75, 3.05) is 0 Å². The molecule has 4 aliphatic carbocycles. The predicted molar refractivity (Wildman–Crippen MR) is 125 cm³/mol. The van der Waals surface area contributed by atoms with Crippen LogP contribution in [0.25, 0.3) is 11.0 Å². The van der Waals surface area contributed by atoms with Crippen molar-refractivity contribution in [3.63, 3.8) is 0 Å². The average molecular weight is 431 g/mol. The molecule has 2 unspecified atom stereocenters. The Morgan fingerprint density at radius 2 is 1.94 bits per heavy atom.